The van der Waals surface area contributed by atoms with Gasteiger partial charge in [0.25, 0.3) is 0 Å². The van der Waals surface area contributed by atoms with Crippen LogP contribution < -0.4 is 4.74 Å². The topological polar surface area (TPSA) is 18.5 Å². The molecular formula is C14H11Br2GeO2. The van der Waals surface area contributed by atoms with E-state index in [1.54, 1.807) is 18.6 Å². The molecule has 0 N–H and O–H groups in total. The van der Waals surface area contributed by atoms with Crippen molar-refractivity contribution in [3.05, 3.63) is 44.0 Å². The first-order chi connectivity index (χ1) is 9.13. The van der Waals surface area contributed by atoms with Gasteiger partial charge in [-0.15, -0.1) is 0 Å². The van der Waals surface area contributed by atoms with Crippen LogP contribution in [-0.4, -0.2) is 32.5 Å². The Balaban J connectivity index is 2.15. The van der Waals surface area contributed by atoms with Gasteiger partial charge in [-0.25, -0.2) is 0 Å². The summed E-state index contributed by atoms with van der Waals surface area (Å²) in [5.74, 6) is 1.85. The molecule has 1 heterocycles. The van der Waals surface area contributed by atoms with Crippen LogP contribution in [0.4, 0.5) is 0 Å². The first-order valence-corrected chi connectivity index (χ1v) is 9.48. The summed E-state index contributed by atoms with van der Waals surface area (Å²) in [5, 5.41) is 0. The van der Waals surface area contributed by atoms with Gasteiger partial charge in [-0.3, -0.25) is 0 Å². The summed E-state index contributed by atoms with van der Waals surface area (Å²) in [7, 11) is 3.43. The molecule has 1 radical (unpaired) electrons. The van der Waals surface area contributed by atoms with Crippen LogP contribution in [0, 0.1) is 0 Å². The SMILES string of the molecule is COC1=CC2=[C](Cc3cc(Br)c(OC)cc32)[Ge]=[C]1Br. The summed E-state index contributed by atoms with van der Waals surface area (Å²) in [6, 6.07) is 4.30. The van der Waals surface area contributed by atoms with Crippen molar-refractivity contribution in [3.8, 4) is 5.75 Å². The van der Waals surface area contributed by atoms with Crippen molar-refractivity contribution in [2.75, 3.05) is 14.2 Å². The molecule has 0 bridgehead atoms. The third kappa shape index (κ3) is 2.28. The molecule has 0 unspecified atom stereocenters. The zero-order chi connectivity index (χ0) is 13.6. The van der Waals surface area contributed by atoms with E-state index in [0.29, 0.717) is 0 Å². The third-order valence-corrected chi connectivity index (χ3v) is 7.92. The Kier molecular flexibility index (Phi) is 3.75. The summed E-state index contributed by atoms with van der Waals surface area (Å²) in [6.45, 7) is 0. The van der Waals surface area contributed by atoms with Crippen LogP contribution in [-0.2, 0) is 11.2 Å². The van der Waals surface area contributed by atoms with E-state index >= 15 is 0 Å². The maximum atomic E-state index is 5.44. The summed E-state index contributed by atoms with van der Waals surface area (Å²) < 4.78 is 14.7. The summed E-state index contributed by atoms with van der Waals surface area (Å²) in [4.78, 5) is 0. The van der Waals surface area contributed by atoms with Crippen molar-refractivity contribution in [1.29, 1.82) is 0 Å². The number of benzene rings is 1. The second-order valence-electron chi connectivity index (χ2n) is 4.36. The van der Waals surface area contributed by atoms with Crippen LogP contribution in [0.1, 0.15) is 11.1 Å². The number of fused-ring (bicyclic) bond motifs is 2. The molecule has 2 nitrogen and oxygen atoms in total. The van der Waals surface area contributed by atoms with Crippen molar-refractivity contribution < 1.29 is 9.47 Å². The van der Waals surface area contributed by atoms with E-state index in [4.69, 9.17) is 9.47 Å². The molecule has 0 amide bonds. The summed E-state index contributed by atoms with van der Waals surface area (Å²) in [6.07, 6.45) is 3.20. The minimum atomic E-state index is -0.293. The molecular weight excluding hydrogens is 433 g/mol. The van der Waals surface area contributed by atoms with Gasteiger partial charge in [0.15, 0.2) is 0 Å². The first-order valence-electron chi connectivity index (χ1n) is 5.79. The maximum absolute atomic E-state index is 5.44. The molecule has 1 aliphatic carbocycles. The van der Waals surface area contributed by atoms with Crippen molar-refractivity contribution in [3.63, 3.8) is 0 Å². The Morgan fingerprint density at radius 2 is 1.95 bits per heavy atom. The zero-order valence-electron chi connectivity index (χ0n) is 10.5. The van der Waals surface area contributed by atoms with E-state index in [1.165, 1.54) is 20.0 Å². The molecule has 1 aromatic carbocycles. The third-order valence-electron chi connectivity index (χ3n) is 3.33. The predicted octanol–water partition coefficient (Wildman–Crippen LogP) is 3.50. The number of methoxy groups -OCH3 is 2. The second-order valence-corrected chi connectivity index (χ2v) is 10.4. The molecule has 0 saturated carbocycles. The Morgan fingerprint density at radius 1 is 1.16 bits per heavy atom. The normalized spacial score (nSPS) is 16.6. The molecule has 19 heavy (non-hydrogen) atoms. The number of halogens is 2. The van der Waals surface area contributed by atoms with Crippen LogP contribution in [0.3, 0.4) is 0 Å². The van der Waals surface area contributed by atoms with Crippen molar-refractivity contribution in [2.24, 2.45) is 0 Å². The standard InChI is InChI=1S/C14H11Br2GeO2/c1-18-12-5-8-7(3-10(12)15)4-11-9(8)6-13(19-2)14(16)17-11/h3,5-6H,4H2,1-2H3. The Bertz CT molecular complexity index is 660. The van der Waals surface area contributed by atoms with Gasteiger partial charge in [0.2, 0.25) is 0 Å². The fraction of sp³-hybridized carbons (Fsp3) is 0.214. The molecule has 97 valence electrons. The second kappa shape index (κ2) is 5.22. The average Bonchev–Trinajstić information content (AvgIpc) is 2.72. The monoisotopic (exact) mass is 443 g/mol. The van der Waals surface area contributed by atoms with Gasteiger partial charge in [0.05, 0.1) is 0 Å². The molecule has 0 saturated heterocycles. The molecule has 0 atom stereocenters. The quantitative estimate of drug-likeness (QED) is 0.652. The molecule has 1 aliphatic heterocycles. The van der Waals surface area contributed by atoms with Crippen LogP contribution in [0.2, 0.25) is 0 Å². The predicted molar refractivity (Wildman–Crippen MR) is 86.1 cm³/mol. The molecule has 0 spiro atoms. The van der Waals surface area contributed by atoms with Crippen LogP contribution in [0.25, 0.3) is 5.57 Å². The summed E-state index contributed by atoms with van der Waals surface area (Å²) in [5.41, 5.74) is 3.99. The van der Waals surface area contributed by atoms with Crippen LogP contribution in [0.15, 0.2) is 32.8 Å². The zero-order valence-corrected chi connectivity index (χ0v) is 15.8. The fourth-order valence-electron chi connectivity index (χ4n) is 2.41. The molecule has 1 aromatic rings. The Labute approximate surface area is 135 Å². The van der Waals surface area contributed by atoms with Gasteiger partial charge >= 0.3 is 136 Å². The van der Waals surface area contributed by atoms with Crippen molar-refractivity contribution >= 4 is 55.7 Å². The Hall–Kier alpha value is -0.327. The Morgan fingerprint density at radius 3 is 2.63 bits per heavy atom. The van der Waals surface area contributed by atoms with Gasteiger partial charge in [-0.1, -0.05) is 0 Å². The van der Waals surface area contributed by atoms with Gasteiger partial charge in [-0.2, -0.15) is 0 Å². The van der Waals surface area contributed by atoms with Gasteiger partial charge in [0.1, 0.15) is 0 Å². The molecule has 5 heteroatoms. The fourth-order valence-corrected chi connectivity index (χ4v) is 6.96. The number of hydrogen-bond acceptors (Lipinski definition) is 2. The van der Waals surface area contributed by atoms with E-state index in [0.717, 1.165) is 22.4 Å². The van der Waals surface area contributed by atoms with E-state index in [9.17, 15) is 0 Å². The van der Waals surface area contributed by atoms with Gasteiger partial charge in [0, 0.05) is 0 Å². The molecule has 0 aromatic heterocycles. The number of ether oxygens (including phenoxy) is 2. The number of hydrogen-bond donors (Lipinski definition) is 0. The van der Waals surface area contributed by atoms with E-state index < -0.39 is 0 Å². The van der Waals surface area contributed by atoms with Crippen molar-refractivity contribution in [2.45, 2.75) is 6.42 Å². The van der Waals surface area contributed by atoms with Gasteiger partial charge in [-0.05, 0) is 0 Å². The summed E-state index contributed by atoms with van der Waals surface area (Å²) >= 11 is 6.92. The number of allylic oxidation sites excluding steroid dienone is 4. The number of rotatable bonds is 2. The van der Waals surface area contributed by atoms with Gasteiger partial charge < -0.3 is 0 Å². The van der Waals surface area contributed by atoms with Crippen molar-refractivity contribution in [1.82, 2.24) is 0 Å². The average molecular weight is 444 g/mol. The minimum absolute atomic E-state index is 0.293. The van der Waals surface area contributed by atoms with Crippen LogP contribution in [0.5, 0.6) is 5.75 Å². The molecule has 2 aliphatic rings. The van der Waals surface area contributed by atoms with E-state index in [2.05, 4.69) is 50.1 Å². The molecule has 3 rings (SSSR count). The van der Waals surface area contributed by atoms with E-state index in [-0.39, 0.29) is 15.0 Å². The van der Waals surface area contributed by atoms with Crippen LogP contribution >= 0.6 is 31.9 Å². The van der Waals surface area contributed by atoms with E-state index in [1.807, 2.05) is 0 Å². The molecule has 0 fully saturated rings. The first kappa shape index (κ1) is 13.6.